The summed E-state index contributed by atoms with van der Waals surface area (Å²) < 4.78 is 5.92. The van der Waals surface area contributed by atoms with Gasteiger partial charge in [-0.25, -0.2) is 0 Å². The van der Waals surface area contributed by atoms with Gasteiger partial charge >= 0.3 is 0 Å². The molecule has 2 aromatic rings. The molecule has 4 heteroatoms. The summed E-state index contributed by atoms with van der Waals surface area (Å²) in [5, 5.41) is 13.4. The van der Waals surface area contributed by atoms with Crippen molar-refractivity contribution in [1.82, 2.24) is 0 Å². The van der Waals surface area contributed by atoms with E-state index in [9.17, 15) is 9.90 Å². The van der Waals surface area contributed by atoms with Crippen LogP contribution in [-0.4, -0.2) is 31.3 Å². The van der Waals surface area contributed by atoms with Crippen LogP contribution in [0, 0.1) is 0 Å². The van der Waals surface area contributed by atoms with Crippen molar-refractivity contribution in [2.75, 3.05) is 6.61 Å². The normalized spacial score (nSPS) is 22.3. The number of Topliss-reactive ketones (excluding diaryl/α,β-unsaturated/α-hetero) is 1. The molecule has 0 bridgehead atoms. The zero-order valence-corrected chi connectivity index (χ0v) is 14.5. The van der Waals surface area contributed by atoms with Gasteiger partial charge in [-0.15, -0.1) is 0 Å². The minimum Gasteiger partial charge on any atom is -0.378 e. The maximum absolute atomic E-state index is 13.1. The van der Waals surface area contributed by atoms with E-state index in [1.807, 2.05) is 37.3 Å². The SMILES string of the molecule is CCOC(C1(O)C(=O)c2cccc3cccc1c23)[Si](C)(C)C. The summed E-state index contributed by atoms with van der Waals surface area (Å²) in [7, 11) is -1.94. The van der Waals surface area contributed by atoms with Gasteiger partial charge in [-0.05, 0) is 17.7 Å². The summed E-state index contributed by atoms with van der Waals surface area (Å²) >= 11 is 0. The molecule has 0 saturated carbocycles. The van der Waals surface area contributed by atoms with E-state index in [1.165, 1.54) is 0 Å². The zero-order chi connectivity index (χ0) is 16.1. The van der Waals surface area contributed by atoms with Crippen LogP contribution in [0.1, 0.15) is 22.8 Å². The van der Waals surface area contributed by atoms with Crippen LogP contribution in [0.2, 0.25) is 19.6 Å². The smallest absolute Gasteiger partial charge is 0.201 e. The topological polar surface area (TPSA) is 46.5 Å². The van der Waals surface area contributed by atoms with Crippen LogP contribution in [0.4, 0.5) is 0 Å². The molecular weight excluding hydrogens is 292 g/mol. The second kappa shape index (κ2) is 5.01. The number of hydrogen-bond donors (Lipinski definition) is 1. The zero-order valence-electron chi connectivity index (χ0n) is 13.5. The van der Waals surface area contributed by atoms with Crippen LogP contribution in [0.5, 0.6) is 0 Å². The highest BCUT2D eigenvalue weighted by Gasteiger charge is 2.56. The third-order valence-electron chi connectivity index (χ3n) is 4.41. The van der Waals surface area contributed by atoms with E-state index in [0.29, 0.717) is 17.7 Å². The van der Waals surface area contributed by atoms with Crippen molar-refractivity contribution in [2.24, 2.45) is 0 Å². The summed E-state index contributed by atoms with van der Waals surface area (Å²) in [5.41, 5.74) is -0.718. The molecule has 1 aliphatic carbocycles. The summed E-state index contributed by atoms with van der Waals surface area (Å²) in [6, 6.07) is 11.4. The van der Waals surface area contributed by atoms with Crippen LogP contribution in [0.15, 0.2) is 36.4 Å². The van der Waals surface area contributed by atoms with Crippen molar-refractivity contribution in [3.63, 3.8) is 0 Å². The van der Waals surface area contributed by atoms with Gasteiger partial charge in [0.2, 0.25) is 5.78 Å². The van der Waals surface area contributed by atoms with Crippen molar-refractivity contribution in [3.05, 3.63) is 47.5 Å². The Balaban J connectivity index is 2.29. The fourth-order valence-electron chi connectivity index (χ4n) is 3.60. The third kappa shape index (κ3) is 1.98. The Labute approximate surface area is 131 Å². The van der Waals surface area contributed by atoms with E-state index < -0.39 is 19.4 Å². The molecule has 3 nitrogen and oxygen atoms in total. The third-order valence-corrected chi connectivity index (χ3v) is 6.56. The maximum Gasteiger partial charge on any atom is 0.201 e. The molecule has 0 aromatic heterocycles. The van der Waals surface area contributed by atoms with Gasteiger partial charge in [0.1, 0.15) is 0 Å². The summed E-state index contributed by atoms with van der Waals surface area (Å²) in [6.07, 6.45) is 0. The Bertz CT molecular complexity index is 742. The van der Waals surface area contributed by atoms with Gasteiger partial charge in [-0.1, -0.05) is 56.0 Å². The van der Waals surface area contributed by atoms with E-state index in [2.05, 4.69) is 19.6 Å². The van der Waals surface area contributed by atoms with Gasteiger partial charge in [-0.3, -0.25) is 4.79 Å². The highest BCUT2D eigenvalue weighted by Crippen LogP contribution is 2.45. The predicted octanol–water partition coefficient (Wildman–Crippen LogP) is 3.51. The fraction of sp³-hybridized carbons (Fsp3) is 0.389. The summed E-state index contributed by atoms with van der Waals surface area (Å²) in [4.78, 5) is 13.1. The molecule has 2 unspecified atom stereocenters. The molecular formula is C18H22O3Si. The first-order chi connectivity index (χ1) is 10.3. The van der Waals surface area contributed by atoms with Gasteiger partial charge in [0.05, 0.1) is 13.8 Å². The van der Waals surface area contributed by atoms with Gasteiger partial charge < -0.3 is 9.84 Å². The van der Waals surface area contributed by atoms with Crippen LogP contribution in [0.25, 0.3) is 10.8 Å². The quantitative estimate of drug-likeness (QED) is 0.879. The van der Waals surface area contributed by atoms with Crippen molar-refractivity contribution in [1.29, 1.82) is 0 Å². The van der Waals surface area contributed by atoms with E-state index in [-0.39, 0.29) is 5.78 Å². The standard InChI is InChI=1S/C18H22O3Si/c1-5-21-17(22(2,3)4)18(20)14-11-7-9-12-8-6-10-13(15(12)14)16(18)19/h6-11,17,20H,5H2,1-4H3. The lowest BCUT2D eigenvalue weighted by Crippen LogP contribution is -2.57. The van der Waals surface area contributed by atoms with E-state index in [0.717, 1.165) is 10.8 Å². The lowest BCUT2D eigenvalue weighted by molar-refractivity contribution is -0.0517. The number of benzene rings is 2. The molecule has 3 rings (SSSR count). The molecule has 0 aliphatic heterocycles. The monoisotopic (exact) mass is 314 g/mol. The number of hydrogen-bond acceptors (Lipinski definition) is 3. The van der Waals surface area contributed by atoms with Crippen molar-refractivity contribution in [3.8, 4) is 0 Å². The van der Waals surface area contributed by atoms with Gasteiger partial charge in [-0.2, -0.15) is 0 Å². The number of rotatable bonds is 4. The minimum absolute atomic E-state index is 0.222. The molecule has 116 valence electrons. The first-order valence-corrected chi connectivity index (χ1v) is 11.3. The number of ketones is 1. The average Bonchev–Trinajstić information content (AvgIpc) is 2.69. The molecule has 2 atom stereocenters. The molecule has 2 aromatic carbocycles. The first-order valence-electron chi connectivity index (χ1n) is 7.72. The van der Waals surface area contributed by atoms with Crippen LogP contribution < -0.4 is 0 Å². The average molecular weight is 314 g/mol. The Morgan fingerprint density at radius 2 is 1.82 bits per heavy atom. The molecule has 22 heavy (non-hydrogen) atoms. The second-order valence-electron chi connectivity index (χ2n) is 7.01. The van der Waals surface area contributed by atoms with Crippen LogP contribution in [-0.2, 0) is 10.3 Å². The number of carbonyl (C=O) groups excluding carboxylic acids is 1. The van der Waals surface area contributed by atoms with E-state index in [1.54, 1.807) is 6.07 Å². The van der Waals surface area contributed by atoms with Gasteiger partial charge in [0.25, 0.3) is 0 Å². The van der Waals surface area contributed by atoms with Crippen LogP contribution >= 0.6 is 0 Å². The minimum atomic E-state index is -1.94. The largest absolute Gasteiger partial charge is 0.378 e. The van der Waals surface area contributed by atoms with Crippen molar-refractivity contribution in [2.45, 2.75) is 37.9 Å². The molecule has 1 aliphatic rings. The Morgan fingerprint density at radius 3 is 2.41 bits per heavy atom. The summed E-state index contributed by atoms with van der Waals surface area (Å²) in [5.74, 6) is -0.222. The Morgan fingerprint density at radius 1 is 1.18 bits per heavy atom. The van der Waals surface area contributed by atoms with E-state index >= 15 is 0 Å². The maximum atomic E-state index is 13.1. The summed E-state index contributed by atoms with van der Waals surface area (Å²) in [6.45, 7) is 8.77. The van der Waals surface area contributed by atoms with Crippen LogP contribution in [0.3, 0.4) is 0 Å². The molecule has 1 N–H and O–H groups in total. The van der Waals surface area contributed by atoms with Gasteiger partial charge in [0.15, 0.2) is 5.60 Å². The highest BCUT2D eigenvalue weighted by molar-refractivity contribution is 6.78. The molecule has 0 heterocycles. The lowest BCUT2D eigenvalue weighted by atomic mass is 9.94. The highest BCUT2D eigenvalue weighted by atomic mass is 28.3. The van der Waals surface area contributed by atoms with Gasteiger partial charge in [0, 0.05) is 17.7 Å². The molecule has 0 amide bonds. The molecule has 0 fully saturated rings. The fourth-order valence-corrected chi connectivity index (χ4v) is 5.81. The predicted molar refractivity (Wildman–Crippen MR) is 90.9 cm³/mol. The number of ether oxygens (including phenoxy) is 1. The second-order valence-corrected chi connectivity index (χ2v) is 12.3. The number of aliphatic hydroxyl groups is 1. The molecule has 0 saturated heterocycles. The Kier molecular flexibility index (Phi) is 3.51. The molecule has 0 spiro atoms. The van der Waals surface area contributed by atoms with Crippen molar-refractivity contribution >= 4 is 24.6 Å². The molecule has 0 radical (unpaired) electrons. The van der Waals surface area contributed by atoms with Crippen molar-refractivity contribution < 1.29 is 14.6 Å². The Hall–Kier alpha value is -1.49. The lowest BCUT2D eigenvalue weighted by Gasteiger charge is -2.39. The first kappa shape index (κ1) is 15.4. The number of carbonyl (C=O) groups is 1. The van der Waals surface area contributed by atoms with E-state index in [4.69, 9.17) is 4.74 Å².